The molecule has 3 heterocycles. The molecular weight excluding hydrogens is 387 g/mol. The Morgan fingerprint density at radius 1 is 1.27 bits per heavy atom. The average Bonchev–Trinajstić information content (AvgIpc) is 3.38. The number of nitrogens with zero attached hydrogens (tertiary/aromatic N) is 3. The van der Waals surface area contributed by atoms with E-state index in [1.807, 2.05) is 6.92 Å². The molecule has 1 N–H and O–H groups in total. The van der Waals surface area contributed by atoms with E-state index in [-0.39, 0.29) is 36.5 Å². The molecule has 1 aromatic carbocycles. The normalized spacial score (nSPS) is 15.7. The van der Waals surface area contributed by atoms with E-state index < -0.39 is 5.97 Å². The van der Waals surface area contributed by atoms with Crippen molar-refractivity contribution in [1.82, 2.24) is 19.7 Å². The third-order valence-corrected chi connectivity index (χ3v) is 5.23. The van der Waals surface area contributed by atoms with E-state index in [4.69, 9.17) is 4.74 Å². The van der Waals surface area contributed by atoms with Gasteiger partial charge >= 0.3 is 5.97 Å². The first-order valence-electron chi connectivity index (χ1n) is 9.91. The largest absolute Gasteiger partial charge is 0.461 e. The number of aromatic amines is 1. The zero-order chi connectivity index (χ0) is 21.3. The summed E-state index contributed by atoms with van der Waals surface area (Å²) >= 11 is 0. The minimum atomic E-state index is -0.507. The molecule has 2 aromatic heterocycles. The van der Waals surface area contributed by atoms with E-state index >= 15 is 0 Å². The summed E-state index contributed by atoms with van der Waals surface area (Å²) < 4.78 is 20.2. The highest BCUT2D eigenvalue weighted by Gasteiger charge is 2.35. The molecule has 0 radical (unpaired) electrons. The number of rotatable bonds is 5. The van der Waals surface area contributed by atoms with Crippen molar-refractivity contribution in [3.63, 3.8) is 0 Å². The molecule has 8 heteroatoms. The van der Waals surface area contributed by atoms with Gasteiger partial charge in [-0.2, -0.15) is 5.10 Å². The number of fused-ring (bicyclic) bond motifs is 1. The van der Waals surface area contributed by atoms with Crippen LogP contribution in [-0.4, -0.2) is 44.7 Å². The fourth-order valence-corrected chi connectivity index (χ4v) is 3.93. The number of esters is 1. The first-order valence-corrected chi connectivity index (χ1v) is 9.91. The van der Waals surface area contributed by atoms with Crippen LogP contribution < -0.4 is 0 Å². The average molecular weight is 410 g/mol. The molecule has 0 fully saturated rings. The van der Waals surface area contributed by atoms with Crippen LogP contribution >= 0.6 is 0 Å². The lowest BCUT2D eigenvalue weighted by atomic mass is 9.95. The summed E-state index contributed by atoms with van der Waals surface area (Å²) in [6, 6.07) is 9.70. The van der Waals surface area contributed by atoms with Crippen LogP contribution in [0.5, 0.6) is 0 Å². The molecule has 4 rings (SSSR count). The van der Waals surface area contributed by atoms with Crippen LogP contribution in [0.25, 0.3) is 0 Å². The molecule has 0 bridgehead atoms. The zero-order valence-electron chi connectivity index (χ0n) is 16.9. The number of carbonyl (C=O) groups is 2. The third-order valence-electron chi connectivity index (χ3n) is 5.23. The van der Waals surface area contributed by atoms with Gasteiger partial charge in [0.25, 0.3) is 5.91 Å². The number of H-pyrrole nitrogens is 1. The number of carbonyl (C=O) groups excluding carboxylic acids is 2. The number of halogens is 1. The van der Waals surface area contributed by atoms with Gasteiger partial charge in [-0.15, -0.1) is 0 Å². The lowest BCUT2D eigenvalue weighted by Crippen LogP contribution is -2.38. The molecule has 156 valence electrons. The summed E-state index contributed by atoms with van der Waals surface area (Å²) in [6.45, 7) is 5.15. The van der Waals surface area contributed by atoms with Gasteiger partial charge < -0.3 is 14.6 Å². The lowest BCUT2D eigenvalue weighted by Gasteiger charge is -2.31. The highest BCUT2D eigenvalue weighted by Crippen LogP contribution is 2.32. The molecule has 1 atom stereocenters. The third kappa shape index (κ3) is 3.72. The highest BCUT2D eigenvalue weighted by atomic mass is 19.1. The van der Waals surface area contributed by atoms with Crippen LogP contribution in [0.15, 0.2) is 42.6 Å². The van der Waals surface area contributed by atoms with Crippen molar-refractivity contribution in [3.8, 4) is 0 Å². The summed E-state index contributed by atoms with van der Waals surface area (Å²) in [5.41, 5.74) is 3.20. The molecule has 30 heavy (non-hydrogen) atoms. The minimum absolute atomic E-state index is 0.0382. The zero-order valence-corrected chi connectivity index (χ0v) is 16.9. The van der Waals surface area contributed by atoms with Crippen molar-refractivity contribution in [3.05, 3.63) is 76.6 Å². The molecule has 0 saturated carbocycles. The Bertz CT molecular complexity index is 1060. The predicted octanol–water partition coefficient (Wildman–Crippen LogP) is 3.33. The topological polar surface area (TPSA) is 80.2 Å². The molecule has 0 aliphatic carbocycles. The quantitative estimate of drug-likeness (QED) is 0.655. The van der Waals surface area contributed by atoms with Gasteiger partial charge in [0.1, 0.15) is 11.5 Å². The second-order valence-electron chi connectivity index (χ2n) is 7.39. The Hall–Kier alpha value is -3.42. The fourth-order valence-electron chi connectivity index (χ4n) is 3.93. The van der Waals surface area contributed by atoms with Crippen molar-refractivity contribution < 1.29 is 18.7 Å². The molecule has 7 nitrogen and oxygen atoms in total. The summed E-state index contributed by atoms with van der Waals surface area (Å²) in [4.78, 5) is 30.1. The molecule has 0 spiro atoms. The van der Waals surface area contributed by atoms with Gasteiger partial charge in [0, 0.05) is 29.9 Å². The number of benzene rings is 1. The number of nitrogens with one attached hydrogen (secondary N) is 1. The van der Waals surface area contributed by atoms with Gasteiger partial charge in [-0.05, 0) is 36.8 Å². The second kappa shape index (κ2) is 8.14. The van der Waals surface area contributed by atoms with Gasteiger partial charge in [-0.1, -0.05) is 19.1 Å². The molecule has 1 aliphatic heterocycles. The monoisotopic (exact) mass is 410 g/mol. The summed E-state index contributed by atoms with van der Waals surface area (Å²) in [5.74, 6) is -0.976. The maximum atomic E-state index is 13.3. The van der Waals surface area contributed by atoms with E-state index in [0.717, 1.165) is 11.3 Å². The number of hydrogen-bond donors (Lipinski definition) is 1. The van der Waals surface area contributed by atoms with E-state index in [2.05, 4.69) is 10.1 Å². The highest BCUT2D eigenvalue weighted by molar-refractivity contribution is 5.93. The number of ether oxygens (including phenoxy) is 1. The van der Waals surface area contributed by atoms with Crippen LogP contribution in [0, 0.1) is 5.82 Å². The van der Waals surface area contributed by atoms with Gasteiger partial charge in [-0.25, -0.2) is 9.18 Å². The summed E-state index contributed by atoms with van der Waals surface area (Å²) in [5, 5.41) is 4.54. The van der Waals surface area contributed by atoms with Crippen LogP contribution in [0.3, 0.4) is 0 Å². The first-order chi connectivity index (χ1) is 14.5. The van der Waals surface area contributed by atoms with Gasteiger partial charge in [-0.3, -0.25) is 9.48 Å². The smallest absolute Gasteiger partial charge is 0.359 e. The van der Waals surface area contributed by atoms with Crippen LogP contribution in [0.2, 0.25) is 0 Å². The fraction of sp³-hybridized carbons (Fsp3) is 0.318. The Balaban J connectivity index is 1.71. The second-order valence-corrected chi connectivity index (χ2v) is 7.39. The Kier molecular flexibility index (Phi) is 5.39. The molecule has 0 saturated heterocycles. The van der Waals surface area contributed by atoms with E-state index in [0.29, 0.717) is 24.3 Å². The van der Waals surface area contributed by atoms with E-state index in [1.165, 1.54) is 12.1 Å². The number of hydrogen-bond acceptors (Lipinski definition) is 4. The molecular formula is C22H23FN4O3. The summed E-state index contributed by atoms with van der Waals surface area (Å²) in [7, 11) is 0. The molecule has 1 amide bonds. The lowest BCUT2D eigenvalue weighted by molar-refractivity contribution is 0.0512. The standard InChI is InChI=1S/C22H23FN4O3/c1-3-30-22(29)19-17-13-26(21(28)18-5-4-10-24-18)11-14(2)20(17)27(25-19)12-15-6-8-16(23)9-7-15/h4-10,14,24H,3,11-13H2,1-2H3. The minimum Gasteiger partial charge on any atom is -0.461 e. The van der Waals surface area contributed by atoms with Crippen molar-refractivity contribution in [2.75, 3.05) is 13.2 Å². The van der Waals surface area contributed by atoms with Crippen LogP contribution in [0.1, 0.15) is 57.6 Å². The van der Waals surface area contributed by atoms with Crippen LogP contribution in [-0.2, 0) is 17.8 Å². The maximum absolute atomic E-state index is 13.3. The van der Waals surface area contributed by atoms with Gasteiger partial charge in [0.2, 0.25) is 0 Å². The van der Waals surface area contributed by atoms with E-state index in [1.54, 1.807) is 47.0 Å². The predicted molar refractivity (Wildman–Crippen MR) is 108 cm³/mol. The SMILES string of the molecule is CCOC(=O)c1nn(Cc2ccc(F)cc2)c2c1CN(C(=O)c1ccc[nH]1)CC2C. The molecule has 3 aromatic rings. The molecule has 1 aliphatic rings. The Morgan fingerprint density at radius 2 is 2.03 bits per heavy atom. The van der Waals surface area contributed by atoms with Crippen molar-refractivity contribution >= 4 is 11.9 Å². The Morgan fingerprint density at radius 3 is 2.70 bits per heavy atom. The number of aromatic nitrogens is 3. The number of amides is 1. The van der Waals surface area contributed by atoms with Crippen molar-refractivity contribution in [2.45, 2.75) is 32.9 Å². The first kappa shape index (κ1) is 19.9. The van der Waals surface area contributed by atoms with Crippen molar-refractivity contribution in [2.24, 2.45) is 0 Å². The van der Waals surface area contributed by atoms with Crippen molar-refractivity contribution in [1.29, 1.82) is 0 Å². The van der Waals surface area contributed by atoms with E-state index in [9.17, 15) is 14.0 Å². The van der Waals surface area contributed by atoms with Gasteiger partial charge in [0.05, 0.1) is 19.7 Å². The summed E-state index contributed by atoms with van der Waals surface area (Å²) in [6.07, 6.45) is 1.71. The maximum Gasteiger partial charge on any atom is 0.359 e. The van der Waals surface area contributed by atoms with Gasteiger partial charge in [0.15, 0.2) is 5.69 Å². The Labute approximate surface area is 173 Å². The molecule has 1 unspecified atom stereocenters. The van der Waals surface area contributed by atoms with Crippen LogP contribution in [0.4, 0.5) is 4.39 Å².